The van der Waals surface area contributed by atoms with Gasteiger partial charge >= 0.3 is 0 Å². The lowest BCUT2D eigenvalue weighted by molar-refractivity contribution is -0.137. The van der Waals surface area contributed by atoms with Crippen LogP contribution in [0.2, 0.25) is 0 Å². The maximum atomic E-state index is 12.5. The highest BCUT2D eigenvalue weighted by Gasteiger charge is 2.27. The van der Waals surface area contributed by atoms with Crippen molar-refractivity contribution in [1.29, 1.82) is 0 Å². The number of nitrogens with zero attached hydrogens (tertiary/aromatic N) is 3. The molecule has 0 N–H and O–H groups in total. The molecule has 6 nitrogen and oxygen atoms in total. The highest BCUT2D eigenvalue weighted by molar-refractivity contribution is 5.79. The second kappa shape index (κ2) is 8.99. The second-order valence-corrected chi connectivity index (χ2v) is 7.76. The normalized spacial score (nSPS) is 28.4. The van der Waals surface area contributed by atoms with Crippen molar-refractivity contribution in [2.75, 3.05) is 45.9 Å². The fourth-order valence-electron chi connectivity index (χ4n) is 4.22. The Morgan fingerprint density at radius 2 is 1.76 bits per heavy atom. The second-order valence-electron chi connectivity index (χ2n) is 7.76. The number of ether oxygens (including phenoxy) is 1. The lowest BCUT2D eigenvalue weighted by Crippen LogP contribution is -2.53. The molecule has 3 rings (SSSR count). The molecule has 3 saturated heterocycles. The smallest absolute Gasteiger partial charge is 0.236 e. The number of amides is 2. The average Bonchev–Trinajstić information content (AvgIpc) is 3.14. The molecule has 0 bridgehead atoms. The summed E-state index contributed by atoms with van der Waals surface area (Å²) in [4.78, 5) is 31.1. The van der Waals surface area contributed by atoms with Crippen LogP contribution in [0.25, 0.3) is 0 Å². The van der Waals surface area contributed by atoms with Gasteiger partial charge in [-0.15, -0.1) is 0 Å². The maximum absolute atomic E-state index is 12.5. The Morgan fingerprint density at radius 1 is 0.960 bits per heavy atom. The third-order valence-electron chi connectivity index (χ3n) is 5.91. The summed E-state index contributed by atoms with van der Waals surface area (Å²) in [6.07, 6.45) is 7.44. The van der Waals surface area contributed by atoms with Crippen molar-refractivity contribution in [3.8, 4) is 0 Å². The number of carbonyl (C=O) groups is 2. The number of carbonyl (C=O) groups excluding carboxylic acids is 2. The molecule has 0 aromatic carbocycles. The molecule has 0 aliphatic carbocycles. The van der Waals surface area contributed by atoms with Gasteiger partial charge in [-0.3, -0.25) is 14.5 Å². The van der Waals surface area contributed by atoms with Crippen LogP contribution in [0.15, 0.2) is 0 Å². The van der Waals surface area contributed by atoms with E-state index in [1.54, 1.807) is 0 Å². The lowest BCUT2D eigenvalue weighted by atomic mass is 10.0. The first-order valence-corrected chi connectivity index (χ1v) is 10.0. The Hall–Kier alpha value is -1.14. The van der Waals surface area contributed by atoms with Gasteiger partial charge in [0.15, 0.2) is 0 Å². The summed E-state index contributed by atoms with van der Waals surface area (Å²) in [6, 6.07) is 0.377. The summed E-state index contributed by atoms with van der Waals surface area (Å²) in [5, 5.41) is 0. The number of hydrogen-bond donors (Lipinski definition) is 0. The molecular weight excluding hydrogens is 318 g/mol. The van der Waals surface area contributed by atoms with Crippen LogP contribution in [0.1, 0.15) is 51.9 Å². The van der Waals surface area contributed by atoms with Gasteiger partial charge in [-0.25, -0.2) is 0 Å². The number of piperazine rings is 1. The van der Waals surface area contributed by atoms with E-state index in [4.69, 9.17) is 4.74 Å². The van der Waals surface area contributed by atoms with Crippen molar-refractivity contribution >= 4 is 11.8 Å². The molecular formula is C19H33N3O3. The minimum absolute atomic E-state index is 0.242. The Labute approximate surface area is 151 Å². The zero-order chi connectivity index (χ0) is 17.6. The fraction of sp³-hybridized carbons (Fsp3) is 0.895. The van der Waals surface area contributed by atoms with E-state index in [0.717, 1.165) is 71.4 Å². The summed E-state index contributed by atoms with van der Waals surface area (Å²) in [7, 11) is 0. The standard InChI is InChI=1S/C19H33N3O3/c1-16-5-2-3-9-22(16)19(24)15-20-10-12-21(13-11-20)18(23)8-7-17-6-4-14-25-17/h16-17H,2-15H2,1H3. The molecule has 2 atom stereocenters. The minimum atomic E-state index is 0.242. The molecule has 3 fully saturated rings. The van der Waals surface area contributed by atoms with Crippen molar-refractivity contribution in [3.05, 3.63) is 0 Å². The molecule has 2 amide bonds. The van der Waals surface area contributed by atoms with Crippen LogP contribution in [0.4, 0.5) is 0 Å². The van der Waals surface area contributed by atoms with E-state index in [1.807, 2.05) is 9.80 Å². The van der Waals surface area contributed by atoms with E-state index < -0.39 is 0 Å². The minimum Gasteiger partial charge on any atom is -0.378 e. The molecule has 3 aliphatic heterocycles. The SMILES string of the molecule is CC1CCCCN1C(=O)CN1CCN(C(=O)CCC2CCCO2)CC1. The Morgan fingerprint density at radius 3 is 2.44 bits per heavy atom. The molecule has 142 valence electrons. The summed E-state index contributed by atoms with van der Waals surface area (Å²) >= 11 is 0. The van der Waals surface area contributed by atoms with Crippen molar-refractivity contribution in [3.63, 3.8) is 0 Å². The van der Waals surface area contributed by atoms with E-state index in [2.05, 4.69) is 11.8 Å². The summed E-state index contributed by atoms with van der Waals surface area (Å²) in [5.41, 5.74) is 0. The topological polar surface area (TPSA) is 53.1 Å². The maximum Gasteiger partial charge on any atom is 0.236 e. The van der Waals surface area contributed by atoms with E-state index in [9.17, 15) is 9.59 Å². The first kappa shape index (κ1) is 18.6. The van der Waals surface area contributed by atoms with Crippen molar-refractivity contribution in [2.45, 2.75) is 64.0 Å². The predicted octanol–water partition coefficient (Wildman–Crippen LogP) is 1.49. The van der Waals surface area contributed by atoms with Gasteiger partial charge < -0.3 is 14.5 Å². The molecule has 3 aliphatic rings. The van der Waals surface area contributed by atoms with Gasteiger partial charge in [0.25, 0.3) is 0 Å². The number of piperidine rings is 1. The van der Waals surface area contributed by atoms with Crippen LogP contribution in [0, 0.1) is 0 Å². The van der Waals surface area contributed by atoms with E-state index in [1.165, 1.54) is 6.42 Å². The molecule has 0 spiro atoms. The van der Waals surface area contributed by atoms with Gasteiger partial charge in [-0.2, -0.15) is 0 Å². The third-order valence-corrected chi connectivity index (χ3v) is 5.91. The monoisotopic (exact) mass is 351 g/mol. The third kappa shape index (κ3) is 5.17. The first-order chi connectivity index (χ1) is 12.1. The summed E-state index contributed by atoms with van der Waals surface area (Å²) < 4.78 is 5.60. The van der Waals surface area contributed by atoms with E-state index >= 15 is 0 Å². The fourth-order valence-corrected chi connectivity index (χ4v) is 4.22. The van der Waals surface area contributed by atoms with Crippen molar-refractivity contribution in [1.82, 2.24) is 14.7 Å². The van der Waals surface area contributed by atoms with E-state index in [-0.39, 0.29) is 17.9 Å². The quantitative estimate of drug-likeness (QED) is 0.753. The number of likely N-dealkylation sites (tertiary alicyclic amines) is 1. The van der Waals surface area contributed by atoms with Crippen LogP contribution < -0.4 is 0 Å². The molecule has 0 aromatic rings. The lowest BCUT2D eigenvalue weighted by Gasteiger charge is -2.38. The molecule has 6 heteroatoms. The number of hydrogen-bond acceptors (Lipinski definition) is 4. The number of rotatable bonds is 5. The summed E-state index contributed by atoms with van der Waals surface area (Å²) in [6.45, 7) is 7.51. The molecule has 0 aromatic heterocycles. The van der Waals surface area contributed by atoms with Crippen LogP contribution in [-0.4, -0.2) is 84.5 Å². The molecule has 0 saturated carbocycles. The van der Waals surface area contributed by atoms with E-state index in [0.29, 0.717) is 19.0 Å². The van der Waals surface area contributed by atoms with Gasteiger partial charge in [-0.05, 0) is 45.4 Å². The van der Waals surface area contributed by atoms with Gasteiger partial charge in [0.05, 0.1) is 12.6 Å². The van der Waals surface area contributed by atoms with Crippen molar-refractivity contribution in [2.24, 2.45) is 0 Å². The molecule has 3 heterocycles. The van der Waals surface area contributed by atoms with Gasteiger partial charge in [0.2, 0.25) is 11.8 Å². The molecule has 2 unspecified atom stereocenters. The highest BCUT2D eigenvalue weighted by Crippen LogP contribution is 2.19. The Bertz CT molecular complexity index is 457. The van der Waals surface area contributed by atoms with Crippen LogP contribution in [0.5, 0.6) is 0 Å². The Kier molecular flexibility index (Phi) is 6.70. The largest absolute Gasteiger partial charge is 0.378 e. The first-order valence-electron chi connectivity index (χ1n) is 10.0. The van der Waals surface area contributed by atoms with Crippen LogP contribution in [-0.2, 0) is 14.3 Å². The van der Waals surface area contributed by atoms with Gasteiger partial charge in [0.1, 0.15) is 0 Å². The van der Waals surface area contributed by atoms with Crippen LogP contribution in [0.3, 0.4) is 0 Å². The Balaban J connectivity index is 1.36. The van der Waals surface area contributed by atoms with Gasteiger partial charge in [0, 0.05) is 51.8 Å². The zero-order valence-electron chi connectivity index (χ0n) is 15.6. The summed E-state index contributed by atoms with van der Waals surface area (Å²) in [5.74, 6) is 0.497. The average molecular weight is 351 g/mol. The highest BCUT2D eigenvalue weighted by atomic mass is 16.5. The molecule has 25 heavy (non-hydrogen) atoms. The van der Waals surface area contributed by atoms with Gasteiger partial charge in [-0.1, -0.05) is 0 Å². The molecule has 0 radical (unpaired) electrons. The zero-order valence-corrected chi connectivity index (χ0v) is 15.6. The predicted molar refractivity (Wildman–Crippen MR) is 96.3 cm³/mol. The van der Waals surface area contributed by atoms with Crippen LogP contribution >= 0.6 is 0 Å². The van der Waals surface area contributed by atoms with Crippen molar-refractivity contribution < 1.29 is 14.3 Å².